The van der Waals surface area contributed by atoms with Crippen LogP contribution >= 0.6 is 11.3 Å². The number of fused-ring (bicyclic) bond motifs is 1. The molecule has 0 amide bonds. The van der Waals surface area contributed by atoms with Crippen LogP contribution in [0.2, 0.25) is 0 Å². The van der Waals surface area contributed by atoms with Crippen LogP contribution < -0.4 is 10.1 Å². The van der Waals surface area contributed by atoms with E-state index in [2.05, 4.69) is 15.0 Å². The summed E-state index contributed by atoms with van der Waals surface area (Å²) in [6.45, 7) is 0. The van der Waals surface area contributed by atoms with Gasteiger partial charge in [0.1, 0.15) is 11.6 Å². The maximum Gasteiger partial charge on any atom is 0.573 e. The molecule has 4 nitrogen and oxygen atoms in total. The molecule has 1 aromatic heterocycles. The topological polar surface area (TPSA) is 51.2 Å². The number of rotatable bonds is 6. The molecule has 1 saturated carbocycles. The molecule has 5 rings (SSSR count). The molecule has 3 aromatic carbocycles. The SMILES string of the molecule is O=C(c1ccc(-c2ccc(Nc3nc4ccc(OC(F)(F)F)cc4s3)c(F)c2)cc1)C1CCCCC1. The Kier molecular flexibility index (Phi) is 6.66. The minimum atomic E-state index is -4.78. The number of hydrogen-bond donors (Lipinski definition) is 1. The van der Waals surface area contributed by atoms with Gasteiger partial charge in [-0.25, -0.2) is 9.37 Å². The first-order valence-corrected chi connectivity index (χ1v) is 12.4. The van der Waals surface area contributed by atoms with E-state index in [1.54, 1.807) is 24.3 Å². The van der Waals surface area contributed by atoms with E-state index >= 15 is 0 Å². The van der Waals surface area contributed by atoms with Crippen LogP contribution in [0.4, 0.5) is 28.4 Å². The summed E-state index contributed by atoms with van der Waals surface area (Å²) in [5.41, 5.74) is 2.79. The maximum absolute atomic E-state index is 14.9. The summed E-state index contributed by atoms with van der Waals surface area (Å²) in [7, 11) is 0. The monoisotopic (exact) mass is 514 g/mol. The van der Waals surface area contributed by atoms with Gasteiger partial charge in [0.2, 0.25) is 0 Å². The Balaban J connectivity index is 1.30. The molecule has 0 radical (unpaired) electrons. The number of ether oxygens (including phenoxy) is 1. The van der Waals surface area contributed by atoms with Crippen molar-refractivity contribution in [3.63, 3.8) is 0 Å². The van der Waals surface area contributed by atoms with Crippen LogP contribution in [0.5, 0.6) is 5.75 Å². The lowest BCUT2D eigenvalue weighted by molar-refractivity contribution is -0.274. The number of halogens is 4. The van der Waals surface area contributed by atoms with Crippen molar-refractivity contribution in [2.24, 2.45) is 5.92 Å². The lowest BCUT2D eigenvalue weighted by Gasteiger charge is -2.20. The first kappa shape index (κ1) is 24.2. The summed E-state index contributed by atoms with van der Waals surface area (Å²) in [4.78, 5) is 17.0. The Bertz CT molecular complexity index is 1390. The van der Waals surface area contributed by atoms with Crippen molar-refractivity contribution in [2.45, 2.75) is 38.5 Å². The first-order chi connectivity index (χ1) is 17.2. The summed E-state index contributed by atoms with van der Waals surface area (Å²) in [6, 6.07) is 15.8. The van der Waals surface area contributed by atoms with E-state index in [0.717, 1.165) is 42.6 Å². The fourth-order valence-electron chi connectivity index (χ4n) is 4.49. The van der Waals surface area contributed by atoms with Gasteiger partial charge in [-0.3, -0.25) is 4.79 Å². The normalized spacial score (nSPS) is 14.7. The zero-order valence-corrected chi connectivity index (χ0v) is 19.9. The first-order valence-electron chi connectivity index (χ1n) is 11.6. The number of alkyl halides is 3. The van der Waals surface area contributed by atoms with Gasteiger partial charge in [0.05, 0.1) is 15.9 Å². The van der Waals surface area contributed by atoms with Crippen molar-refractivity contribution in [1.29, 1.82) is 0 Å². The zero-order valence-electron chi connectivity index (χ0n) is 19.1. The summed E-state index contributed by atoms with van der Waals surface area (Å²) < 4.78 is 56.7. The van der Waals surface area contributed by atoms with Crippen molar-refractivity contribution in [2.75, 3.05) is 5.32 Å². The van der Waals surface area contributed by atoms with Gasteiger partial charge in [-0.15, -0.1) is 13.2 Å². The molecule has 4 aromatic rings. The number of hydrogen-bond acceptors (Lipinski definition) is 5. The smallest absolute Gasteiger partial charge is 0.406 e. The van der Waals surface area contributed by atoms with Gasteiger partial charge in [0, 0.05) is 17.5 Å². The quantitative estimate of drug-likeness (QED) is 0.207. The van der Waals surface area contributed by atoms with Gasteiger partial charge in [-0.1, -0.05) is 60.9 Å². The Morgan fingerprint density at radius 2 is 1.67 bits per heavy atom. The summed E-state index contributed by atoms with van der Waals surface area (Å²) >= 11 is 1.09. The number of nitrogens with one attached hydrogen (secondary N) is 1. The van der Waals surface area contributed by atoms with Crippen LogP contribution in [0.3, 0.4) is 0 Å². The minimum Gasteiger partial charge on any atom is -0.406 e. The molecule has 1 fully saturated rings. The summed E-state index contributed by atoms with van der Waals surface area (Å²) in [5, 5.41) is 3.23. The van der Waals surface area contributed by atoms with Gasteiger partial charge in [-0.2, -0.15) is 0 Å². The largest absolute Gasteiger partial charge is 0.573 e. The standard InChI is InChI=1S/C27H22F4N2O2S/c28-21-14-19(16-6-8-18(9-7-16)25(34)17-4-2-1-3-5-17)10-12-22(21)32-26-33-23-13-11-20(15-24(23)36-26)35-27(29,30)31/h6-15,17H,1-5H2,(H,32,33). The third kappa shape index (κ3) is 5.51. The van der Waals surface area contributed by atoms with Crippen LogP contribution in [0.15, 0.2) is 60.7 Å². The Labute approximate surface area is 208 Å². The summed E-state index contributed by atoms with van der Waals surface area (Å²) in [6.07, 6.45) is 0.484. The van der Waals surface area contributed by atoms with Gasteiger partial charge >= 0.3 is 6.36 Å². The number of anilines is 2. The number of carbonyl (C=O) groups excluding carboxylic acids is 1. The number of ketones is 1. The van der Waals surface area contributed by atoms with Crippen molar-refractivity contribution in [1.82, 2.24) is 4.98 Å². The average molecular weight is 515 g/mol. The molecule has 0 spiro atoms. The van der Waals surface area contributed by atoms with E-state index < -0.39 is 12.2 Å². The highest BCUT2D eigenvalue weighted by atomic mass is 32.1. The van der Waals surface area contributed by atoms with E-state index in [1.807, 2.05) is 12.1 Å². The lowest BCUT2D eigenvalue weighted by Crippen LogP contribution is -2.17. The fourth-order valence-corrected chi connectivity index (χ4v) is 5.40. The van der Waals surface area contributed by atoms with E-state index in [4.69, 9.17) is 0 Å². The molecular formula is C27H22F4N2O2S. The van der Waals surface area contributed by atoms with Gasteiger partial charge in [0.25, 0.3) is 0 Å². The molecule has 0 bridgehead atoms. The van der Waals surface area contributed by atoms with Crippen molar-refractivity contribution in [3.8, 4) is 16.9 Å². The van der Waals surface area contributed by atoms with Crippen molar-refractivity contribution in [3.05, 3.63) is 72.0 Å². The van der Waals surface area contributed by atoms with E-state index in [9.17, 15) is 22.4 Å². The van der Waals surface area contributed by atoms with Gasteiger partial charge in [-0.05, 0) is 48.2 Å². The van der Waals surface area contributed by atoms with Crippen LogP contribution in [-0.2, 0) is 0 Å². The Morgan fingerprint density at radius 1 is 0.944 bits per heavy atom. The van der Waals surface area contributed by atoms with E-state index in [1.165, 1.54) is 30.7 Å². The Morgan fingerprint density at radius 3 is 2.36 bits per heavy atom. The van der Waals surface area contributed by atoms with Crippen LogP contribution in [0.1, 0.15) is 42.5 Å². The van der Waals surface area contributed by atoms with Crippen molar-refractivity contribution >= 4 is 38.2 Å². The predicted molar refractivity (Wildman–Crippen MR) is 132 cm³/mol. The van der Waals surface area contributed by atoms with E-state index in [-0.39, 0.29) is 23.1 Å². The molecule has 1 N–H and O–H groups in total. The summed E-state index contributed by atoms with van der Waals surface area (Å²) in [5.74, 6) is -0.569. The molecule has 1 aliphatic carbocycles. The molecule has 0 atom stereocenters. The number of carbonyl (C=O) groups is 1. The molecule has 186 valence electrons. The number of thiazole rings is 1. The van der Waals surface area contributed by atoms with Crippen LogP contribution in [0, 0.1) is 11.7 Å². The van der Waals surface area contributed by atoms with Crippen LogP contribution in [-0.4, -0.2) is 17.1 Å². The van der Waals surface area contributed by atoms with Gasteiger partial charge in [0.15, 0.2) is 10.9 Å². The van der Waals surface area contributed by atoms with Crippen LogP contribution in [0.25, 0.3) is 21.3 Å². The maximum atomic E-state index is 14.9. The highest BCUT2D eigenvalue weighted by Crippen LogP contribution is 2.34. The fraction of sp³-hybridized carbons (Fsp3) is 0.259. The molecule has 0 aliphatic heterocycles. The number of benzene rings is 3. The highest BCUT2D eigenvalue weighted by molar-refractivity contribution is 7.22. The number of aromatic nitrogens is 1. The van der Waals surface area contributed by atoms with Crippen molar-refractivity contribution < 1.29 is 27.1 Å². The predicted octanol–water partition coefficient (Wildman–Crippen LogP) is 8.51. The number of nitrogens with zero attached hydrogens (tertiary/aromatic N) is 1. The second-order valence-electron chi connectivity index (χ2n) is 8.79. The lowest BCUT2D eigenvalue weighted by atomic mass is 9.83. The third-order valence-electron chi connectivity index (χ3n) is 6.28. The molecule has 0 unspecified atom stereocenters. The number of Topliss-reactive ketones (excluding diaryl/α,β-unsaturated/α-hetero) is 1. The minimum absolute atomic E-state index is 0.0960. The zero-order chi connectivity index (χ0) is 25.3. The molecule has 9 heteroatoms. The van der Waals surface area contributed by atoms with E-state index in [0.29, 0.717) is 26.5 Å². The second kappa shape index (κ2) is 9.89. The molecule has 1 heterocycles. The molecule has 36 heavy (non-hydrogen) atoms. The average Bonchev–Trinajstić information content (AvgIpc) is 3.26. The second-order valence-corrected chi connectivity index (χ2v) is 9.82. The molecule has 0 saturated heterocycles. The highest BCUT2D eigenvalue weighted by Gasteiger charge is 2.31. The molecular weight excluding hydrogens is 492 g/mol. The van der Waals surface area contributed by atoms with Gasteiger partial charge < -0.3 is 10.1 Å². The Hall–Kier alpha value is -3.46. The third-order valence-corrected chi connectivity index (χ3v) is 7.22. The molecule has 1 aliphatic rings.